The summed E-state index contributed by atoms with van der Waals surface area (Å²) in [5, 5.41) is 3.36. The summed E-state index contributed by atoms with van der Waals surface area (Å²) >= 11 is 6.39. The summed E-state index contributed by atoms with van der Waals surface area (Å²) in [5.74, 6) is 0.631. The molecular weight excluding hydrogens is 388 g/mol. The predicted molar refractivity (Wildman–Crippen MR) is 115 cm³/mol. The topological polar surface area (TPSA) is 64.4 Å². The summed E-state index contributed by atoms with van der Waals surface area (Å²) < 4.78 is 11.2. The van der Waals surface area contributed by atoms with Crippen LogP contribution in [0.15, 0.2) is 59.0 Å². The number of fused-ring (bicyclic) bond motifs is 1. The second-order valence-corrected chi connectivity index (χ2v) is 7.18. The number of carbonyl (C=O) groups excluding carboxylic acids is 1. The number of aryl methyl sites for hydroxylation is 2. The molecule has 0 bridgehead atoms. The van der Waals surface area contributed by atoms with Gasteiger partial charge in [-0.25, -0.2) is 4.98 Å². The van der Waals surface area contributed by atoms with E-state index in [-0.39, 0.29) is 5.91 Å². The van der Waals surface area contributed by atoms with Gasteiger partial charge in [-0.2, -0.15) is 0 Å². The van der Waals surface area contributed by atoms with Gasteiger partial charge in [0.25, 0.3) is 5.91 Å². The first-order valence-corrected chi connectivity index (χ1v) is 9.46. The molecule has 0 aliphatic heterocycles. The summed E-state index contributed by atoms with van der Waals surface area (Å²) in [6.45, 7) is 4.06. The average Bonchev–Trinajstić information content (AvgIpc) is 3.12. The fourth-order valence-corrected chi connectivity index (χ4v) is 3.29. The minimum atomic E-state index is -0.278. The number of benzene rings is 3. The van der Waals surface area contributed by atoms with E-state index in [0.717, 1.165) is 16.6 Å². The van der Waals surface area contributed by atoms with Crippen molar-refractivity contribution in [1.29, 1.82) is 0 Å². The smallest absolute Gasteiger partial charge is 0.259 e. The van der Waals surface area contributed by atoms with Crippen LogP contribution in [0.25, 0.3) is 22.6 Å². The third kappa shape index (κ3) is 3.69. The Kier molecular flexibility index (Phi) is 4.99. The number of rotatable bonds is 4. The molecule has 1 amide bonds. The molecule has 1 aromatic heterocycles. The van der Waals surface area contributed by atoms with Crippen molar-refractivity contribution in [2.75, 3.05) is 12.4 Å². The maximum Gasteiger partial charge on any atom is 0.259 e. The van der Waals surface area contributed by atoms with Gasteiger partial charge in [-0.05, 0) is 67.4 Å². The van der Waals surface area contributed by atoms with Crippen molar-refractivity contribution in [3.05, 3.63) is 76.3 Å². The van der Waals surface area contributed by atoms with Gasteiger partial charge in [0.1, 0.15) is 11.3 Å². The van der Waals surface area contributed by atoms with E-state index >= 15 is 0 Å². The molecule has 1 N–H and O–H groups in total. The first kappa shape index (κ1) is 19.0. The van der Waals surface area contributed by atoms with E-state index in [4.69, 9.17) is 20.8 Å². The molecule has 29 heavy (non-hydrogen) atoms. The highest BCUT2D eigenvalue weighted by molar-refractivity contribution is 6.33. The van der Waals surface area contributed by atoms with Crippen LogP contribution in [-0.2, 0) is 0 Å². The zero-order valence-corrected chi connectivity index (χ0v) is 17.0. The number of hydrogen-bond acceptors (Lipinski definition) is 4. The Hall–Kier alpha value is -3.31. The molecule has 4 rings (SSSR count). The van der Waals surface area contributed by atoms with Gasteiger partial charge in [0.05, 0.1) is 23.3 Å². The van der Waals surface area contributed by atoms with Crippen LogP contribution in [0, 0.1) is 13.8 Å². The lowest BCUT2D eigenvalue weighted by atomic mass is 10.1. The number of nitrogens with one attached hydrogen (secondary N) is 1. The lowest BCUT2D eigenvalue weighted by Crippen LogP contribution is -2.13. The standard InChI is InChI=1S/C23H19ClN2O3/c1-13-10-19-21(11-14(13)2)29-23(26-19)17-12-15(8-9-18(17)24)25-22(27)16-6-4-5-7-20(16)28-3/h4-12H,1-3H3,(H,25,27). The van der Waals surface area contributed by atoms with Crippen LogP contribution in [0.5, 0.6) is 5.75 Å². The molecule has 0 radical (unpaired) electrons. The number of para-hydroxylation sites is 1. The fraction of sp³-hybridized carbons (Fsp3) is 0.130. The Bertz CT molecular complexity index is 1190. The molecule has 5 nitrogen and oxygen atoms in total. The number of methoxy groups -OCH3 is 1. The highest BCUT2D eigenvalue weighted by atomic mass is 35.5. The van der Waals surface area contributed by atoms with Crippen LogP contribution in [0.2, 0.25) is 5.02 Å². The van der Waals surface area contributed by atoms with E-state index < -0.39 is 0 Å². The van der Waals surface area contributed by atoms with Gasteiger partial charge in [-0.15, -0.1) is 0 Å². The Balaban J connectivity index is 1.69. The average molecular weight is 407 g/mol. The molecule has 0 saturated heterocycles. The first-order valence-electron chi connectivity index (χ1n) is 9.08. The molecule has 0 unspecified atom stereocenters. The van der Waals surface area contributed by atoms with Crippen LogP contribution in [0.3, 0.4) is 0 Å². The molecule has 0 fully saturated rings. The van der Waals surface area contributed by atoms with Crippen LogP contribution in [-0.4, -0.2) is 18.0 Å². The minimum absolute atomic E-state index is 0.278. The summed E-state index contributed by atoms with van der Waals surface area (Å²) in [6.07, 6.45) is 0. The lowest BCUT2D eigenvalue weighted by Gasteiger charge is -2.10. The van der Waals surface area contributed by atoms with Crippen LogP contribution < -0.4 is 10.1 Å². The Morgan fingerprint density at radius 3 is 2.62 bits per heavy atom. The number of oxazole rings is 1. The summed E-state index contributed by atoms with van der Waals surface area (Å²) in [4.78, 5) is 17.2. The van der Waals surface area contributed by atoms with Crippen molar-refractivity contribution in [1.82, 2.24) is 4.98 Å². The van der Waals surface area contributed by atoms with Crippen molar-refractivity contribution in [2.24, 2.45) is 0 Å². The molecule has 0 saturated carbocycles. The van der Waals surface area contributed by atoms with Crippen molar-refractivity contribution in [3.8, 4) is 17.2 Å². The second kappa shape index (κ2) is 7.60. The Morgan fingerprint density at radius 2 is 1.83 bits per heavy atom. The highest BCUT2D eigenvalue weighted by Gasteiger charge is 2.16. The van der Waals surface area contributed by atoms with Crippen molar-refractivity contribution < 1.29 is 13.9 Å². The number of carbonyl (C=O) groups is 1. The molecule has 0 aliphatic carbocycles. The fourth-order valence-electron chi connectivity index (χ4n) is 3.09. The molecular formula is C23H19ClN2O3. The first-order chi connectivity index (χ1) is 14.0. The Morgan fingerprint density at radius 1 is 1.07 bits per heavy atom. The third-order valence-corrected chi connectivity index (χ3v) is 5.14. The number of hydrogen-bond donors (Lipinski definition) is 1. The third-order valence-electron chi connectivity index (χ3n) is 4.81. The molecule has 146 valence electrons. The zero-order valence-electron chi connectivity index (χ0n) is 16.2. The molecule has 0 aliphatic rings. The second-order valence-electron chi connectivity index (χ2n) is 6.77. The molecule has 1 heterocycles. The van der Waals surface area contributed by atoms with Gasteiger partial charge in [0.2, 0.25) is 5.89 Å². The molecule has 3 aromatic carbocycles. The minimum Gasteiger partial charge on any atom is -0.496 e. The van der Waals surface area contributed by atoms with Gasteiger partial charge >= 0.3 is 0 Å². The molecule has 0 spiro atoms. The van der Waals surface area contributed by atoms with Gasteiger partial charge < -0.3 is 14.5 Å². The molecule has 6 heteroatoms. The number of anilines is 1. The van der Waals surface area contributed by atoms with Crippen LogP contribution in [0.4, 0.5) is 5.69 Å². The normalized spacial score (nSPS) is 10.9. The van der Waals surface area contributed by atoms with Crippen molar-refractivity contribution in [3.63, 3.8) is 0 Å². The summed E-state index contributed by atoms with van der Waals surface area (Å²) in [5.41, 5.74) is 5.36. The Labute approximate surface area is 173 Å². The van der Waals surface area contributed by atoms with E-state index in [0.29, 0.717) is 39.1 Å². The van der Waals surface area contributed by atoms with Gasteiger partial charge in [0.15, 0.2) is 5.58 Å². The zero-order chi connectivity index (χ0) is 20.5. The number of ether oxygens (including phenoxy) is 1. The van der Waals surface area contributed by atoms with E-state index in [1.807, 2.05) is 32.0 Å². The van der Waals surface area contributed by atoms with E-state index in [2.05, 4.69) is 10.3 Å². The van der Waals surface area contributed by atoms with Crippen LogP contribution in [0.1, 0.15) is 21.5 Å². The van der Waals surface area contributed by atoms with Gasteiger partial charge in [-0.1, -0.05) is 23.7 Å². The van der Waals surface area contributed by atoms with E-state index in [1.54, 1.807) is 36.4 Å². The number of nitrogens with zero attached hydrogens (tertiary/aromatic N) is 1. The number of halogens is 1. The summed E-state index contributed by atoms with van der Waals surface area (Å²) in [6, 6.07) is 16.2. The van der Waals surface area contributed by atoms with E-state index in [1.165, 1.54) is 7.11 Å². The maximum absolute atomic E-state index is 12.7. The predicted octanol–water partition coefficient (Wildman–Crippen LogP) is 6.03. The summed E-state index contributed by atoms with van der Waals surface area (Å²) in [7, 11) is 1.53. The molecule has 0 atom stereocenters. The quantitative estimate of drug-likeness (QED) is 0.449. The SMILES string of the molecule is COc1ccccc1C(=O)Nc1ccc(Cl)c(-c2nc3cc(C)c(C)cc3o2)c1. The number of amides is 1. The largest absolute Gasteiger partial charge is 0.496 e. The lowest BCUT2D eigenvalue weighted by molar-refractivity contribution is 0.102. The van der Waals surface area contributed by atoms with Crippen molar-refractivity contribution >= 4 is 34.3 Å². The van der Waals surface area contributed by atoms with Crippen LogP contribution >= 0.6 is 11.6 Å². The van der Waals surface area contributed by atoms with Gasteiger partial charge in [-0.3, -0.25) is 4.79 Å². The highest BCUT2D eigenvalue weighted by Crippen LogP contribution is 2.33. The monoisotopic (exact) mass is 406 g/mol. The molecule has 4 aromatic rings. The maximum atomic E-state index is 12.7. The van der Waals surface area contributed by atoms with E-state index in [9.17, 15) is 4.79 Å². The van der Waals surface area contributed by atoms with Crippen molar-refractivity contribution in [2.45, 2.75) is 13.8 Å². The number of aromatic nitrogens is 1. The van der Waals surface area contributed by atoms with Gasteiger partial charge in [0, 0.05) is 5.69 Å².